The predicted octanol–water partition coefficient (Wildman–Crippen LogP) is 6.06. The molecular formula is C32H17ClN8NiO5S2. The summed E-state index contributed by atoms with van der Waals surface area (Å²) in [7, 11) is -4.67. The maximum absolute atomic E-state index is 13.3. The molecule has 8 bridgehead atoms. The van der Waals surface area contributed by atoms with Crippen molar-refractivity contribution in [3.05, 3.63) is 91.0 Å². The number of nitrogens with zero attached hydrogens (tertiary/aromatic N) is 6. The van der Waals surface area contributed by atoms with Gasteiger partial charge < -0.3 is 9.97 Å². The SMILES string of the molecule is O=S(=O)(Cl)OS(=O)(=O)c1cccc2c3nc4nc(nc5[nH]c(nc6nc(nc([nH]3)c12)-c1ccccc1-6)c1ccccc51)-c1ccccc1-4.[Ni]. The summed E-state index contributed by atoms with van der Waals surface area (Å²) in [6.45, 7) is 0. The minimum absolute atomic E-state index is 0. The van der Waals surface area contributed by atoms with Crippen LogP contribution in [0.4, 0.5) is 0 Å². The van der Waals surface area contributed by atoms with Crippen molar-refractivity contribution < 1.29 is 37.0 Å². The Balaban J connectivity index is 0.00000348. The van der Waals surface area contributed by atoms with Crippen LogP contribution in [-0.4, -0.2) is 56.7 Å². The van der Waals surface area contributed by atoms with Gasteiger partial charge in [0.05, 0.1) is 10.7 Å². The number of nitrogens with one attached hydrogen (secondary N) is 2. The molecular weight excluding hydrogens is 735 g/mol. The van der Waals surface area contributed by atoms with Gasteiger partial charge in [0.1, 0.15) is 27.5 Å². The summed E-state index contributed by atoms with van der Waals surface area (Å²) in [4.78, 5) is 35.0. The van der Waals surface area contributed by atoms with E-state index in [-0.39, 0.29) is 39.0 Å². The zero-order valence-corrected chi connectivity index (χ0v) is 27.8. The van der Waals surface area contributed by atoms with Crippen LogP contribution >= 0.6 is 10.7 Å². The third-order valence-corrected chi connectivity index (χ3v) is 10.7. The van der Waals surface area contributed by atoms with Crippen molar-refractivity contribution in [1.82, 2.24) is 39.9 Å². The summed E-state index contributed by atoms with van der Waals surface area (Å²) in [5.74, 6) is 1.29. The number of hydrogen-bond acceptors (Lipinski definition) is 11. The maximum atomic E-state index is 13.3. The number of benzene rings is 4. The van der Waals surface area contributed by atoms with Crippen molar-refractivity contribution in [2.45, 2.75) is 4.90 Å². The van der Waals surface area contributed by atoms with E-state index in [9.17, 15) is 16.8 Å². The first-order valence-electron chi connectivity index (χ1n) is 14.3. The first-order valence-corrected chi connectivity index (χ1v) is 17.9. The Morgan fingerprint density at radius 2 is 0.878 bits per heavy atom. The van der Waals surface area contributed by atoms with Crippen LogP contribution in [0.3, 0.4) is 0 Å². The first-order chi connectivity index (χ1) is 23.1. The zero-order valence-electron chi connectivity index (χ0n) is 24.4. The molecule has 2 N–H and O–H groups in total. The average Bonchev–Trinajstić information content (AvgIpc) is 3.79. The van der Waals surface area contributed by atoms with Gasteiger partial charge in [-0.15, -0.1) is 3.63 Å². The topological polar surface area (TPSA) is 186 Å². The van der Waals surface area contributed by atoms with Gasteiger partial charge in [0, 0.05) is 60.3 Å². The molecule has 0 amide bonds. The molecule has 0 aliphatic carbocycles. The number of H-pyrrole nitrogens is 2. The molecule has 17 heteroatoms. The number of fused-ring (bicyclic) bond motifs is 20. The summed E-state index contributed by atoms with van der Waals surface area (Å²) in [6, 6.07) is 26.7. The molecule has 2 aliphatic heterocycles. The van der Waals surface area contributed by atoms with Crippen LogP contribution in [0.15, 0.2) is 95.9 Å². The second-order valence-corrected chi connectivity index (χ2v) is 14.7. The van der Waals surface area contributed by atoms with E-state index in [0.717, 1.165) is 16.3 Å². The van der Waals surface area contributed by atoms with E-state index in [1.165, 1.54) is 12.1 Å². The normalized spacial score (nSPS) is 12.4. The molecule has 9 rings (SSSR count). The van der Waals surface area contributed by atoms with E-state index >= 15 is 0 Å². The van der Waals surface area contributed by atoms with Gasteiger partial charge in [-0.2, -0.15) is 16.8 Å². The van der Waals surface area contributed by atoms with Crippen molar-refractivity contribution in [2.75, 3.05) is 0 Å². The van der Waals surface area contributed by atoms with Gasteiger partial charge in [-0.25, -0.2) is 29.9 Å². The first kappa shape index (κ1) is 31.2. The standard InChI is InChI=1S/C32H17ClN8O5S2.Ni/c33-48(44,45)46-47(42,43)23-15-7-14-22-24(23)32-40-30-21-13-6-5-12-20(21)28(38-30)36-26-17-9-2-1-8-16(17)25(34-26)35-27-18-10-3-4-11-19(18)29(37-27)39-31(22)41-32;/h1-15H,(H2,34,35,36,37,38,39,40,41);. The second-order valence-electron chi connectivity index (χ2n) is 10.8. The monoisotopic (exact) mass is 750 g/mol. The fraction of sp³-hybridized carbons (Fsp3) is 0. The number of halogens is 1. The summed E-state index contributed by atoms with van der Waals surface area (Å²) in [5, 5.41) is 1.95. The predicted molar refractivity (Wildman–Crippen MR) is 179 cm³/mol. The molecule has 7 aromatic rings. The number of hydrogen-bond donors (Lipinski definition) is 2. The molecule has 4 aromatic carbocycles. The molecule has 3 aromatic heterocycles. The third kappa shape index (κ3) is 5.16. The van der Waals surface area contributed by atoms with Crippen LogP contribution < -0.4 is 0 Å². The van der Waals surface area contributed by atoms with E-state index in [4.69, 9.17) is 40.6 Å². The molecule has 0 radical (unpaired) electrons. The van der Waals surface area contributed by atoms with E-state index in [0.29, 0.717) is 50.8 Å². The van der Waals surface area contributed by atoms with Crippen LogP contribution in [0, 0.1) is 0 Å². The van der Waals surface area contributed by atoms with E-state index in [2.05, 4.69) is 13.6 Å². The van der Waals surface area contributed by atoms with Crippen LogP contribution in [-0.2, 0) is 39.6 Å². The Bertz CT molecular complexity index is 2950. The van der Waals surface area contributed by atoms with Crippen molar-refractivity contribution in [3.8, 4) is 45.6 Å². The Labute approximate surface area is 291 Å². The molecule has 0 saturated heterocycles. The van der Waals surface area contributed by atoms with Gasteiger partial charge >= 0.3 is 19.4 Å². The van der Waals surface area contributed by atoms with E-state index in [1.807, 2.05) is 72.8 Å². The van der Waals surface area contributed by atoms with Gasteiger partial charge in [-0.1, -0.05) is 84.9 Å². The summed E-state index contributed by atoms with van der Waals surface area (Å²) < 4.78 is 54.4. The third-order valence-electron chi connectivity index (χ3n) is 7.98. The van der Waals surface area contributed by atoms with Crippen LogP contribution in [0.5, 0.6) is 0 Å². The number of aromatic nitrogens is 8. The molecule has 0 atom stereocenters. The largest absolute Gasteiger partial charge is 0.370 e. The number of rotatable bonds is 3. The molecule has 5 heterocycles. The van der Waals surface area contributed by atoms with Gasteiger partial charge in [-0.3, -0.25) is 0 Å². The van der Waals surface area contributed by atoms with Crippen molar-refractivity contribution in [2.24, 2.45) is 0 Å². The fourth-order valence-electron chi connectivity index (χ4n) is 6.01. The van der Waals surface area contributed by atoms with Crippen LogP contribution in [0.2, 0.25) is 0 Å². The second kappa shape index (κ2) is 11.2. The summed E-state index contributed by atoms with van der Waals surface area (Å²) >= 11 is 0. The van der Waals surface area contributed by atoms with Gasteiger partial charge in [0.15, 0.2) is 23.3 Å². The maximum Gasteiger partial charge on any atom is 0.370 e. The summed E-state index contributed by atoms with van der Waals surface area (Å²) in [5.41, 5.74) is 4.03. The van der Waals surface area contributed by atoms with Crippen molar-refractivity contribution in [1.29, 1.82) is 0 Å². The molecule has 49 heavy (non-hydrogen) atoms. The molecule has 0 saturated carbocycles. The minimum Gasteiger partial charge on any atom is -0.324 e. The van der Waals surface area contributed by atoms with Gasteiger partial charge in [-0.05, 0) is 6.07 Å². The fourth-order valence-corrected chi connectivity index (χ4v) is 8.47. The molecule has 0 unspecified atom stereocenters. The molecule has 2 aliphatic rings. The minimum atomic E-state index is -4.95. The zero-order chi connectivity index (χ0) is 32.8. The van der Waals surface area contributed by atoms with Crippen molar-refractivity contribution in [3.63, 3.8) is 0 Å². The molecule has 0 fully saturated rings. The Morgan fingerprint density at radius 3 is 1.35 bits per heavy atom. The van der Waals surface area contributed by atoms with Crippen LogP contribution in [0.1, 0.15) is 0 Å². The van der Waals surface area contributed by atoms with Crippen molar-refractivity contribution >= 4 is 74.3 Å². The average molecular weight is 752 g/mol. The Morgan fingerprint density at radius 1 is 0.490 bits per heavy atom. The Hall–Kier alpha value is -5.12. The van der Waals surface area contributed by atoms with Gasteiger partial charge in [0.25, 0.3) is 0 Å². The molecule has 0 spiro atoms. The van der Waals surface area contributed by atoms with Gasteiger partial charge in [0.2, 0.25) is 0 Å². The molecule has 244 valence electrons. The van der Waals surface area contributed by atoms with E-state index < -0.39 is 24.3 Å². The quantitative estimate of drug-likeness (QED) is 0.158. The van der Waals surface area contributed by atoms with E-state index in [1.54, 1.807) is 6.07 Å². The molecule has 13 nitrogen and oxygen atoms in total. The Kier molecular flexibility index (Phi) is 7.14. The van der Waals surface area contributed by atoms with Crippen LogP contribution in [0.25, 0.3) is 89.7 Å². The number of aromatic amines is 2. The summed E-state index contributed by atoms with van der Waals surface area (Å²) in [6.07, 6.45) is 0. The smallest absolute Gasteiger partial charge is 0.324 e.